The zero-order chi connectivity index (χ0) is 11.2. The molecule has 94 valence electrons. The maximum atomic E-state index is 3.86. The Hall–Kier alpha value is -0.0800. The van der Waals surface area contributed by atoms with Gasteiger partial charge in [0.05, 0.1) is 0 Å². The van der Waals surface area contributed by atoms with Crippen molar-refractivity contribution in [2.24, 2.45) is 11.8 Å². The Morgan fingerprint density at radius 3 is 2.56 bits per heavy atom. The molecular formula is C14H28N2. The monoisotopic (exact) mass is 224 g/mol. The van der Waals surface area contributed by atoms with Crippen molar-refractivity contribution in [1.29, 1.82) is 0 Å². The molecule has 1 saturated carbocycles. The molecule has 2 aliphatic rings. The quantitative estimate of drug-likeness (QED) is 0.767. The van der Waals surface area contributed by atoms with Crippen molar-refractivity contribution in [3.8, 4) is 0 Å². The molecule has 1 aliphatic carbocycles. The molecule has 1 aliphatic heterocycles. The first-order chi connectivity index (χ1) is 7.90. The summed E-state index contributed by atoms with van der Waals surface area (Å²) in [4.78, 5) is 0. The Bertz CT molecular complexity index is 187. The van der Waals surface area contributed by atoms with Gasteiger partial charge in [-0.1, -0.05) is 26.2 Å². The van der Waals surface area contributed by atoms with Crippen molar-refractivity contribution >= 4 is 0 Å². The number of piperidine rings is 1. The van der Waals surface area contributed by atoms with Gasteiger partial charge in [-0.05, 0) is 57.2 Å². The molecule has 2 fully saturated rings. The number of hydrogen-bond acceptors (Lipinski definition) is 2. The van der Waals surface area contributed by atoms with Gasteiger partial charge in [0.2, 0.25) is 0 Å². The topological polar surface area (TPSA) is 24.1 Å². The molecule has 2 rings (SSSR count). The van der Waals surface area contributed by atoms with Crippen LogP contribution in [0.25, 0.3) is 0 Å². The summed E-state index contributed by atoms with van der Waals surface area (Å²) < 4.78 is 0. The van der Waals surface area contributed by atoms with Gasteiger partial charge >= 0.3 is 0 Å². The van der Waals surface area contributed by atoms with Crippen molar-refractivity contribution < 1.29 is 0 Å². The van der Waals surface area contributed by atoms with E-state index in [1.54, 1.807) is 0 Å². The normalized spacial score (nSPS) is 32.8. The van der Waals surface area contributed by atoms with E-state index in [0.717, 1.165) is 17.9 Å². The second-order valence-corrected chi connectivity index (χ2v) is 5.66. The highest BCUT2D eigenvalue weighted by atomic mass is 14.9. The molecule has 0 bridgehead atoms. The van der Waals surface area contributed by atoms with E-state index in [4.69, 9.17) is 0 Å². The van der Waals surface area contributed by atoms with Crippen LogP contribution in [0.15, 0.2) is 0 Å². The number of rotatable bonds is 4. The summed E-state index contributed by atoms with van der Waals surface area (Å²) in [6.07, 6.45) is 9.89. The predicted octanol–water partition coefficient (Wildman–Crippen LogP) is 2.54. The highest BCUT2D eigenvalue weighted by Crippen LogP contribution is 2.27. The first-order valence-corrected chi connectivity index (χ1v) is 7.34. The highest BCUT2D eigenvalue weighted by Gasteiger charge is 2.24. The van der Waals surface area contributed by atoms with Gasteiger partial charge in [-0.25, -0.2) is 0 Å². The van der Waals surface area contributed by atoms with E-state index in [9.17, 15) is 0 Å². The van der Waals surface area contributed by atoms with Crippen LogP contribution in [0.2, 0.25) is 0 Å². The lowest BCUT2D eigenvalue weighted by atomic mass is 9.82. The molecule has 0 radical (unpaired) electrons. The first-order valence-electron chi connectivity index (χ1n) is 7.34. The van der Waals surface area contributed by atoms with E-state index in [2.05, 4.69) is 17.6 Å². The summed E-state index contributed by atoms with van der Waals surface area (Å²) in [6, 6.07) is 0.827. The van der Waals surface area contributed by atoms with Crippen LogP contribution in [0.5, 0.6) is 0 Å². The van der Waals surface area contributed by atoms with E-state index in [0.29, 0.717) is 0 Å². The van der Waals surface area contributed by atoms with E-state index in [1.807, 2.05) is 0 Å². The van der Waals surface area contributed by atoms with Gasteiger partial charge in [-0.2, -0.15) is 0 Å². The Labute approximate surface area is 101 Å². The van der Waals surface area contributed by atoms with Crippen molar-refractivity contribution in [1.82, 2.24) is 10.6 Å². The third-order valence-electron chi connectivity index (χ3n) is 4.56. The summed E-state index contributed by atoms with van der Waals surface area (Å²) in [5, 5.41) is 7.31. The Morgan fingerprint density at radius 1 is 1.06 bits per heavy atom. The maximum Gasteiger partial charge on any atom is 0.00953 e. The fourth-order valence-corrected chi connectivity index (χ4v) is 3.37. The number of hydrogen-bond donors (Lipinski definition) is 2. The fraction of sp³-hybridized carbons (Fsp3) is 1.00. The first kappa shape index (κ1) is 12.4. The molecule has 2 atom stereocenters. The molecule has 2 unspecified atom stereocenters. The average Bonchev–Trinajstić information content (AvgIpc) is 2.38. The standard InChI is InChI=1S/C14H28N2/c1-2-13-5-3-4-6-14(13)16-11-12-7-9-15-10-8-12/h12-16H,2-11H2,1H3. The molecule has 1 saturated heterocycles. The summed E-state index contributed by atoms with van der Waals surface area (Å²) in [5.74, 6) is 1.89. The predicted molar refractivity (Wildman–Crippen MR) is 69.6 cm³/mol. The van der Waals surface area contributed by atoms with Crippen LogP contribution < -0.4 is 10.6 Å². The largest absolute Gasteiger partial charge is 0.317 e. The Balaban J connectivity index is 1.70. The van der Waals surface area contributed by atoms with Crippen molar-refractivity contribution in [2.75, 3.05) is 19.6 Å². The van der Waals surface area contributed by atoms with Crippen LogP contribution in [0.4, 0.5) is 0 Å². The van der Waals surface area contributed by atoms with Gasteiger partial charge in [0.1, 0.15) is 0 Å². The number of nitrogens with one attached hydrogen (secondary N) is 2. The molecule has 2 heteroatoms. The molecule has 0 aromatic carbocycles. The summed E-state index contributed by atoms with van der Waals surface area (Å²) >= 11 is 0. The van der Waals surface area contributed by atoms with Crippen LogP contribution in [0, 0.1) is 11.8 Å². The second-order valence-electron chi connectivity index (χ2n) is 5.66. The minimum Gasteiger partial charge on any atom is -0.317 e. The lowest BCUT2D eigenvalue weighted by Crippen LogP contribution is -2.42. The second kappa shape index (κ2) is 6.61. The van der Waals surface area contributed by atoms with Crippen molar-refractivity contribution in [3.63, 3.8) is 0 Å². The zero-order valence-corrected chi connectivity index (χ0v) is 10.8. The lowest BCUT2D eigenvalue weighted by Gasteiger charge is -2.33. The molecule has 0 aromatic rings. The van der Waals surface area contributed by atoms with Gasteiger partial charge in [0.15, 0.2) is 0 Å². The van der Waals surface area contributed by atoms with Crippen LogP contribution >= 0.6 is 0 Å². The highest BCUT2D eigenvalue weighted by molar-refractivity contribution is 4.81. The maximum absolute atomic E-state index is 3.86. The van der Waals surface area contributed by atoms with Crippen molar-refractivity contribution in [2.45, 2.75) is 57.9 Å². The third-order valence-corrected chi connectivity index (χ3v) is 4.56. The zero-order valence-electron chi connectivity index (χ0n) is 10.8. The Morgan fingerprint density at radius 2 is 1.81 bits per heavy atom. The van der Waals surface area contributed by atoms with Gasteiger partial charge in [-0.15, -0.1) is 0 Å². The van der Waals surface area contributed by atoms with Gasteiger partial charge < -0.3 is 10.6 Å². The smallest absolute Gasteiger partial charge is 0.00953 e. The van der Waals surface area contributed by atoms with E-state index < -0.39 is 0 Å². The van der Waals surface area contributed by atoms with Crippen LogP contribution in [-0.2, 0) is 0 Å². The third kappa shape index (κ3) is 3.46. The summed E-state index contributed by atoms with van der Waals surface area (Å²) in [6.45, 7) is 6.08. The minimum atomic E-state index is 0.827. The van der Waals surface area contributed by atoms with Crippen molar-refractivity contribution in [3.05, 3.63) is 0 Å². The van der Waals surface area contributed by atoms with Gasteiger partial charge in [-0.3, -0.25) is 0 Å². The van der Waals surface area contributed by atoms with E-state index >= 15 is 0 Å². The van der Waals surface area contributed by atoms with Gasteiger partial charge in [0.25, 0.3) is 0 Å². The fourth-order valence-electron chi connectivity index (χ4n) is 3.37. The van der Waals surface area contributed by atoms with Crippen LogP contribution in [0.1, 0.15) is 51.9 Å². The molecular weight excluding hydrogens is 196 g/mol. The summed E-state index contributed by atoms with van der Waals surface area (Å²) in [7, 11) is 0. The lowest BCUT2D eigenvalue weighted by molar-refractivity contribution is 0.236. The average molecular weight is 224 g/mol. The van der Waals surface area contributed by atoms with E-state index in [1.165, 1.54) is 64.6 Å². The molecule has 0 aromatic heterocycles. The molecule has 1 heterocycles. The minimum absolute atomic E-state index is 0.827. The molecule has 0 spiro atoms. The molecule has 0 amide bonds. The molecule has 2 nitrogen and oxygen atoms in total. The summed E-state index contributed by atoms with van der Waals surface area (Å²) in [5.41, 5.74) is 0. The SMILES string of the molecule is CCC1CCCCC1NCC1CCNCC1. The van der Waals surface area contributed by atoms with Gasteiger partial charge in [0, 0.05) is 6.04 Å². The van der Waals surface area contributed by atoms with Crippen LogP contribution in [-0.4, -0.2) is 25.7 Å². The molecule has 16 heavy (non-hydrogen) atoms. The van der Waals surface area contributed by atoms with E-state index in [-0.39, 0.29) is 0 Å². The molecule has 2 N–H and O–H groups in total. The van der Waals surface area contributed by atoms with Crippen LogP contribution in [0.3, 0.4) is 0 Å². The Kier molecular flexibility index (Phi) is 5.11.